The van der Waals surface area contributed by atoms with E-state index >= 15 is 0 Å². The average Bonchev–Trinajstić information content (AvgIpc) is 3.54. The number of halogens is 2. The Morgan fingerprint density at radius 3 is 2.29 bits per heavy atom. The van der Waals surface area contributed by atoms with Crippen LogP contribution in [0.5, 0.6) is 0 Å². The van der Waals surface area contributed by atoms with Gasteiger partial charge < -0.3 is 15.5 Å². The van der Waals surface area contributed by atoms with E-state index in [1.54, 1.807) is 16.0 Å². The molecule has 0 saturated carbocycles. The van der Waals surface area contributed by atoms with E-state index in [0.717, 1.165) is 53.5 Å². The van der Waals surface area contributed by atoms with Crippen molar-refractivity contribution in [3.05, 3.63) is 76.1 Å². The molecule has 2 N–H and O–H groups in total. The Balaban J connectivity index is 1.36. The zero-order valence-electron chi connectivity index (χ0n) is 18.6. The summed E-state index contributed by atoms with van der Waals surface area (Å²) in [6.45, 7) is 3.16. The highest BCUT2D eigenvalue weighted by molar-refractivity contribution is 7.13. The number of nitrogen functional groups attached to an aromatic ring is 1. The van der Waals surface area contributed by atoms with Crippen LogP contribution in [0, 0.1) is 0 Å². The van der Waals surface area contributed by atoms with Gasteiger partial charge in [-0.1, -0.05) is 47.5 Å². The van der Waals surface area contributed by atoms with E-state index in [9.17, 15) is 0 Å². The molecule has 10 heteroatoms. The van der Waals surface area contributed by atoms with Gasteiger partial charge in [0.15, 0.2) is 5.65 Å². The Hall–Kier alpha value is -3.33. The Morgan fingerprint density at radius 2 is 1.57 bits per heavy atom. The van der Waals surface area contributed by atoms with E-state index in [2.05, 4.69) is 15.9 Å². The summed E-state index contributed by atoms with van der Waals surface area (Å²) in [4.78, 5) is 15.4. The van der Waals surface area contributed by atoms with Crippen LogP contribution in [-0.2, 0) is 0 Å². The van der Waals surface area contributed by atoms with Gasteiger partial charge in [-0.3, -0.25) is 0 Å². The quantitative estimate of drug-likeness (QED) is 0.324. The summed E-state index contributed by atoms with van der Waals surface area (Å²) in [7, 11) is 0. The largest absolute Gasteiger partial charge is 0.383 e. The molecule has 176 valence electrons. The molecule has 35 heavy (non-hydrogen) atoms. The highest BCUT2D eigenvalue weighted by atomic mass is 35.5. The number of nitrogens with zero attached hydrogens (tertiary/aromatic N) is 6. The first-order chi connectivity index (χ1) is 17.1. The Bertz CT molecular complexity index is 1490. The molecule has 1 aliphatic heterocycles. The molecule has 4 heterocycles. The fraction of sp³-hybridized carbons (Fsp3) is 0.160. The highest BCUT2D eigenvalue weighted by Gasteiger charge is 2.24. The topological polar surface area (TPSA) is 76.1 Å². The van der Waals surface area contributed by atoms with Gasteiger partial charge in [0.1, 0.15) is 5.82 Å². The molecule has 6 rings (SSSR count). The van der Waals surface area contributed by atoms with Crippen LogP contribution in [0.15, 0.2) is 66.0 Å². The normalized spacial score (nSPS) is 14.1. The van der Waals surface area contributed by atoms with Gasteiger partial charge in [-0.05, 0) is 41.8 Å². The third-order valence-corrected chi connectivity index (χ3v) is 7.76. The summed E-state index contributed by atoms with van der Waals surface area (Å²) in [5.74, 6) is 1.19. The number of nitrogens with two attached hydrogens (primary N) is 1. The average molecular weight is 522 g/mol. The van der Waals surface area contributed by atoms with E-state index in [-0.39, 0.29) is 0 Å². The van der Waals surface area contributed by atoms with Gasteiger partial charge in [-0.15, -0.1) is 16.4 Å². The molecular weight excluding hydrogens is 501 g/mol. The first kappa shape index (κ1) is 22.2. The third kappa shape index (κ3) is 4.07. The summed E-state index contributed by atoms with van der Waals surface area (Å²) in [5, 5.41) is 8.70. The Labute approximate surface area is 216 Å². The number of fused-ring (bicyclic) bond motifs is 1. The molecule has 3 aromatic heterocycles. The van der Waals surface area contributed by atoms with Crippen molar-refractivity contribution in [2.75, 3.05) is 41.7 Å². The maximum Gasteiger partial charge on any atom is 0.228 e. The number of hydrogen-bond donors (Lipinski definition) is 1. The molecular formula is C25H21Cl2N7S. The van der Waals surface area contributed by atoms with Gasteiger partial charge in [0, 0.05) is 31.9 Å². The smallest absolute Gasteiger partial charge is 0.228 e. The minimum atomic E-state index is 0.533. The van der Waals surface area contributed by atoms with Crippen molar-refractivity contribution < 1.29 is 0 Å². The number of rotatable bonds is 4. The number of piperazine rings is 1. The minimum Gasteiger partial charge on any atom is -0.383 e. The molecule has 0 aliphatic carbocycles. The molecule has 2 aromatic carbocycles. The molecule has 1 aliphatic rings. The van der Waals surface area contributed by atoms with Crippen LogP contribution in [0.1, 0.15) is 0 Å². The minimum absolute atomic E-state index is 0.533. The van der Waals surface area contributed by atoms with Gasteiger partial charge >= 0.3 is 0 Å². The van der Waals surface area contributed by atoms with Crippen molar-refractivity contribution in [2.24, 2.45) is 0 Å². The van der Waals surface area contributed by atoms with Gasteiger partial charge in [0.25, 0.3) is 0 Å². The van der Waals surface area contributed by atoms with Crippen LogP contribution in [0.2, 0.25) is 10.0 Å². The molecule has 1 saturated heterocycles. The number of anilines is 3. The predicted molar refractivity (Wildman–Crippen MR) is 145 cm³/mol. The Morgan fingerprint density at radius 1 is 0.800 bits per heavy atom. The van der Waals surface area contributed by atoms with E-state index in [4.69, 9.17) is 44.0 Å². The monoisotopic (exact) mass is 521 g/mol. The van der Waals surface area contributed by atoms with Crippen LogP contribution in [0.25, 0.3) is 27.3 Å². The molecule has 0 radical (unpaired) electrons. The van der Waals surface area contributed by atoms with Crippen molar-refractivity contribution in [3.8, 4) is 16.3 Å². The summed E-state index contributed by atoms with van der Waals surface area (Å²) in [6, 6.07) is 19.7. The van der Waals surface area contributed by atoms with Gasteiger partial charge in [0.2, 0.25) is 5.95 Å². The first-order valence-electron chi connectivity index (χ1n) is 11.2. The van der Waals surface area contributed by atoms with Gasteiger partial charge in [0.05, 0.1) is 31.7 Å². The second-order valence-electron chi connectivity index (χ2n) is 8.25. The van der Waals surface area contributed by atoms with Crippen molar-refractivity contribution in [2.45, 2.75) is 0 Å². The van der Waals surface area contributed by atoms with Gasteiger partial charge in [-0.25, -0.2) is 9.67 Å². The lowest BCUT2D eigenvalue weighted by Gasteiger charge is -2.36. The summed E-state index contributed by atoms with van der Waals surface area (Å²) in [5.41, 5.74) is 9.94. The van der Waals surface area contributed by atoms with Crippen molar-refractivity contribution >= 4 is 63.0 Å². The van der Waals surface area contributed by atoms with E-state index < -0.39 is 0 Å². The fourth-order valence-corrected chi connectivity index (χ4v) is 5.36. The molecule has 7 nitrogen and oxygen atoms in total. The molecule has 0 amide bonds. The lowest BCUT2D eigenvalue weighted by Crippen LogP contribution is -2.47. The van der Waals surface area contributed by atoms with E-state index in [1.165, 1.54) is 0 Å². The number of benzene rings is 2. The first-order valence-corrected chi connectivity index (χ1v) is 12.8. The van der Waals surface area contributed by atoms with Crippen LogP contribution in [0.3, 0.4) is 0 Å². The van der Waals surface area contributed by atoms with Crippen molar-refractivity contribution in [3.63, 3.8) is 0 Å². The summed E-state index contributed by atoms with van der Waals surface area (Å²) >= 11 is 13.9. The molecule has 1 fully saturated rings. The summed E-state index contributed by atoms with van der Waals surface area (Å²) < 4.78 is 1.74. The standard InChI is InChI=1S/C25H21Cl2N7S/c26-18-9-8-17(15-19(18)27)32-10-12-33(13-11-32)25-29-22(20-7-4-14-35-20)21-23(28)34(31-24(21)30-25)16-5-2-1-3-6-16/h1-9,14-15H,10-13,28H2. The van der Waals surface area contributed by atoms with Crippen LogP contribution in [-0.4, -0.2) is 45.9 Å². The van der Waals surface area contributed by atoms with Gasteiger partial charge in [-0.2, -0.15) is 4.98 Å². The molecule has 0 atom stereocenters. The van der Waals surface area contributed by atoms with Crippen LogP contribution >= 0.6 is 34.5 Å². The lowest BCUT2D eigenvalue weighted by molar-refractivity contribution is 0.641. The van der Waals surface area contributed by atoms with Crippen molar-refractivity contribution in [1.82, 2.24) is 19.7 Å². The van der Waals surface area contributed by atoms with Crippen LogP contribution in [0.4, 0.5) is 17.5 Å². The predicted octanol–water partition coefficient (Wildman–Crippen LogP) is 5.76. The Kier molecular flexibility index (Phi) is 5.72. The third-order valence-electron chi connectivity index (χ3n) is 6.14. The number of para-hydroxylation sites is 1. The molecule has 0 spiro atoms. The van der Waals surface area contributed by atoms with E-state index in [1.807, 2.05) is 60.0 Å². The fourth-order valence-electron chi connectivity index (χ4n) is 4.35. The zero-order valence-corrected chi connectivity index (χ0v) is 20.9. The van der Waals surface area contributed by atoms with Crippen molar-refractivity contribution in [1.29, 1.82) is 0 Å². The summed E-state index contributed by atoms with van der Waals surface area (Å²) in [6.07, 6.45) is 0. The van der Waals surface area contributed by atoms with E-state index in [0.29, 0.717) is 27.5 Å². The molecule has 5 aromatic rings. The zero-order chi connectivity index (χ0) is 23.9. The maximum absolute atomic E-state index is 6.60. The maximum atomic E-state index is 6.60. The number of aromatic nitrogens is 4. The number of thiophene rings is 1. The van der Waals surface area contributed by atoms with Crippen LogP contribution < -0.4 is 15.5 Å². The SMILES string of the molecule is Nc1c2c(-c3cccs3)nc(N3CCN(c4ccc(Cl)c(Cl)c4)CC3)nc2nn1-c1ccccc1. The second kappa shape index (κ2) is 9.03. The molecule has 0 unspecified atom stereocenters. The highest BCUT2D eigenvalue weighted by Crippen LogP contribution is 2.36. The second-order valence-corrected chi connectivity index (χ2v) is 10.0. The molecule has 0 bridgehead atoms. The number of hydrogen-bond acceptors (Lipinski definition) is 7. The lowest BCUT2D eigenvalue weighted by atomic mass is 10.2.